The summed E-state index contributed by atoms with van der Waals surface area (Å²) in [6, 6.07) is 18.9. The molecule has 3 aromatic carbocycles. The van der Waals surface area contributed by atoms with Crippen LogP contribution in [0.4, 0.5) is 5.69 Å². The van der Waals surface area contributed by atoms with Crippen LogP contribution >= 0.6 is 0 Å². The Kier molecular flexibility index (Phi) is 9.33. The van der Waals surface area contributed by atoms with Crippen molar-refractivity contribution in [3.05, 3.63) is 94.5 Å². The quantitative estimate of drug-likeness (QED) is 0.409. The molecule has 0 saturated carbocycles. The Morgan fingerprint density at radius 1 is 0.868 bits per heavy atom. The number of likely N-dealkylation sites (N-methyl/N-ethyl adjacent to an activating group) is 1. The second-order valence-corrected chi connectivity index (χ2v) is 11.6. The predicted molar refractivity (Wildman–Crippen MR) is 152 cm³/mol. The lowest BCUT2D eigenvalue weighted by molar-refractivity contribution is -0.139. The molecule has 1 atom stereocenters. The zero-order valence-corrected chi connectivity index (χ0v) is 23.8. The summed E-state index contributed by atoms with van der Waals surface area (Å²) in [5.74, 6) is -0.770. The molecule has 38 heavy (non-hydrogen) atoms. The Labute approximate surface area is 226 Å². The summed E-state index contributed by atoms with van der Waals surface area (Å²) in [4.78, 5) is 28.3. The van der Waals surface area contributed by atoms with Crippen molar-refractivity contribution in [2.45, 2.75) is 59.0 Å². The van der Waals surface area contributed by atoms with E-state index in [4.69, 9.17) is 0 Å². The van der Waals surface area contributed by atoms with Crippen LogP contribution in [0.5, 0.6) is 0 Å². The van der Waals surface area contributed by atoms with E-state index >= 15 is 0 Å². The van der Waals surface area contributed by atoms with Gasteiger partial charge >= 0.3 is 0 Å². The summed E-state index contributed by atoms with van der Waals surface area (Å²) in [6.45, 7) is 11.2. The topological polar surface area (TPSA) is 86.8 Å². The van der Waals surface area contributed by atoms with Crippen LogP contribution < -0.4 is 9.62 Å². The summed E-state index contributed by atoms with van der Waals surface area (Å²) in [5.41, 5.74) is 4.95. The highest BCUT2D eigenvalue weighted by Gasteiger charge is 2.33. The number of sulfonamides is 1. The molecular weight excluding hydrogens is 498 g/mol. The minimum Gasteiger partial charge on any atom is -0.355 e. The first kappa shape index (κ1) is 28.9. The van der Waals surface area contributed by atoms with Crippen molar-refractivity contribution < 1.29 is 18.0 Å². The van der Waals surface area contributed by atoms with Crippen LogP contribution in [0.1, 0.15) is 41.7 Å². The summed E-state index contributed by atoms with van der Waals surface area (Å²) in [6.07, 6.45) is 0. The highest BCUT2D eigenvalue weighted by molar-refractivity contribution is 7.92. The predicted octanol–water partition coefficient (Wildman–Crippen LogP) is 4.67. The van der Waals surface area contributed by atoms with Gasteiger partial charge in [0, 0.05) is 13.1 Å². The van der Waals surface area contributed by atoms with E-state index in [0.717, 1.165) is 32.1 Å². The van der Waals surface area contributed by atoms with E-state index in [1.807, 2.05) is 71.0 Å². The monoisotopic (exact) mass is 535 g/mol. The van der Waals surface area contributed by atoms with Crippen molar-refractivity contribution in [1.29, 1.82) is 0 Å². The summed E-state index contributed by atoms with van der Waals surface area (Å²) < 4.78 is 29.0. The Bertz CT molecular complexity index is 1400. The van der Waals surface area contributed by atoms with Crippen LogP contribution in [0.25, 0.3) is 0 Å². The molecular formula is C30H37N3O4S. The van der Waals surface area contributed by atoms with Gasteiger partial charge in [0.1, 0.15) is 12.6 Å². The number of benzene rings is 3. The van der Waals surface area contributed by atoms with Gasteiger partial charge in [0.05, 0.1) is 10.6 Å². The maximum Gasteiger partial charge on any atom is 0.264 e. The molecule has 3 aromatic rings. The lowest BCUT2D eigenvalue weighted by Gasteiger charge is -2.32. The summed E-state index contributed by atoms with van der Waals surface area (Å²) in [7, 11) is -4.09. The Balaban J connectivity index is 2.07. The van der Waals surface area contributed by atoms with Gasteiger partial charge in [-0.05, 0) is 70.9 Å². The molecule has 2 amide bonds. The van der Waals surface area contributed by atoms with E-state index in [1.54, 1.807) is 37.3 Å². The molecule has 1 unspecified atom stereocenters. The molecule has 0 spiro atoms. The number of hydrogen-bond donors (Lipinski definition) is 1. The Hall–Kier alpha value is -3.65. The van der Waals surface area contributed by atoms with E-state index in [0.29, 0.717) is 12.2 Å². The van der Waals surface area contributed by atoms with Crippen molar-refractivity contribution >= 4 is 27.5 Å². The summed E-state index contributed by atoms with van der Waals surface area (Å²) in [5, 5.41) is 2.77. The van der Waals surface area contributed by atoms with Crippen LogP contribution in [-0.2, 0) is 26.2 Å². The van der Waals surface area contributed by atoms with E-state index in [-0.39, 0.29) is 17.3 Å². The average molecular weight is 536 g/mol. The molecule has 0 fully saturated rings. The first-order valence-corrected chi connectivity index (χ1v) is 14.2. The van der Waals surface area contributed by atoms with Crippen LogP contribution in [-0.4, -0.2) is 44.3 Å². The zero-order valence-electron chi connectivity index (χ0n) is 23.0. The molecule has 0 aliphatic heterocycles. The first-order chi connectivity index (χ1) is 17.9. The number of hydrogen-bond acceptors (Lipinski definition) is 4. The van der Waals surface area contributed by atoms with Crippen molar-refractivity contribution in [2.24, 2.45) is 0 Å². The van der Waals surface area contributed by atoms with Gasteiger partial charge in [-0.3, -0.25) is 13.9 Å². The largest absolute Gasteiger partial charge is 0.355 e. The number of aryl methyl sites for hydroxylation is 4. The molecule has 0 saturated heterocycles. The molecule has 8 heteroatoms. The van der Waals surface area contributed by atoms with Crippen molar-refractivity contribution in [1.82, 2.24) is 10.2 Å². The van der Waals surface area contributed by atoms with Gasteiger partial charge < -0.3 is 10.2 Å². The van der Waals surface area contributed by atoms with Crippen molar-refractivity contribution in [3.8, 4) is 0 Å². The highest BCUT2D eigenvalue weighted by atomic mass is 32.2. The molecule has 0 aliphatic carbocycles. The lowest BCUT2D eigenvalue weighted by Crippen LogP contribution is -2.51. The van der Waals surface area contributed by atoms with Crippen LogP contribution in [0.2, 0.25) is 0 Å². The van der Waals surface area contributed by atoms with E-state index in [2.05, 4.69) is 5.32 Å². The molecule has 0 radical (unpaired) electrons. The lowest BCUT2D eigenvalue weighted by atomic mass is 10.1. The van der Waals surface area contributed by atoms with E-state index in [9.17, 15) is 18.0 Å². The minimum absolute atomic E-state index is 0.0953. The molecule has 0 aromatic heterocycles. The third-order valence-electron chi connectivity index (χ3n) is 6.46. The number of carbonyl (C=O) groups is 2. The van der Waals surface area contributed by atoms with E-state index < -0.39 is 28.5 Å². The van der Waals surface area contributed by atoms with Crippen LogP contribution in [0.3, 0.4) is 0 Å². The fourth-order valence-electron chi connectivity index (χ4n) is 4.35. The summed E-state index contributed by atoms with van der Waals surface area (Å²) >= 11 is 0. The normalized spacial score (nSPS) is 12.1. The second-order valence-electron chi connectivity index (χ2n) is 9.70. The number of nitrogens with one attached hydrogen (secondary N) is 1. The van der Waals surface area contributed by atoms with Gasteiger partial charge in [0.2, 0.25) is 11.8 Å². The SMILES string of the molecule is CCNC(=O)C(C)N(Cc1cccc(C)c1)C(=O)CN(c1ccc(C)cc1C)S(=O)(=O)c1ccc(C)cc1. The van der Waals surface area contributed by atoms with Crippen LogP contribution in [0.15, 0.2) is 71.6 Å². The van der Waals surface area contributed by atoms with Crippen molar-refractivity contribution in [2.75, 3.05) is 17.4 Å². The number of anilines is 1. The van der Waals surface area contributed by atoms with Gasteiger partial charge in [0.15, 0.2) is 0 Å². The molecule has 202 valence electrons. The highest BCUT2D eigenvalue weighted by Crippen LogP contribution is 2.28. The molecule has 0 heterocycles. The maximum atomic E-state index is 13.9. The fourth-order valence-corrected chi connectivity index (χ4v) is 5.83. The molecule has 0 aliphatic rings. The van der Waals surface area contributed by atoms with Gasteiger partial charge in [0.25, 0.3) is 10.0 Å². The van der Waals surface area contributed by atoms with E-state index in [1.165, 1.54) is 4.90 Å². The third kappa shape index (κ3) is 6.81. The number of carbonyl (C=O) groups excluding carboxylic acids is 2. The smallest absolute Gasteiger partial charge is 0.264 e. The second kappa shape index (κ2) is 12.3. The van der Waals surface area contributed by atoms with Gasteiger partial charge in [-0.2, -0.15) is 0 Å². The van der Waals surface area contributed by atoms with Crippen molar-refractivity contribution in [3.63, 3.8) is 0 Å². The fraction of sp³-hybridized carbons (Fsp3) is 0.333. The maximum absolute atomic E-state index is 13.9. The Morgan fingerprint density at radius 2 is 1.50 bits per heavy atom. The molecule has 3 rings (SSSR count). The number of nitrogens with zero attached hydrogens (tertiary/aromatic N) is 2. The Morgan fingerprint density at radius 3 is 2.11 bits per heavy atom. The average Bonchev–Trinajstić information content (AvgIpc) is 2.86. The number of amides is 2. The molecule has 7 nitrogen and oxygen atoms in total. The zero-order chi connectivity index (χ0) is 28.0. The van der Waals surface area contributed by atoms with Gasteiger partial charge in [-0.1, -0.05) is 65.2 Å². The van der Waals surface area contributed by atoms with Gasteiger partial charge in [-0.25, -0.2) is 8.42 Å². The third-order valence-corrected chi connectivity index (χ3v) is 8.24. The van der Waals surface area contributed by atoms with Gasteiger partial charge in [-0.15, -0.1) is 0 Å². The number of rotatable bonds is 10. The van der Waals surface area contributed by atoms with Crippen LogP contribution in [0, 0.1) is 27.7 Å². The molecule has 1 N–H and O–H groups in total. The first-order valence-electron chi connectivity index (χ1n) is 12.7. The molecule has 0 bridgehead atoms. The minimum atomic E-state index is -4.09. The standard InChI is InChI=1S/C30H37N3O4S/c1-7-31-30(35)25(6)32(19-26-10-8-9-22(3)18-26)29(34)20-33(28-16-13-23(4)17-24(28)5)38(36,37)27-14-11-21(2)12-15-27/h8-18,25H,7,19-20H2,1-6H3,(H,31,35).